The van der Waals surface area contributed by atoms with Gasteiger partial charge in [0.1, 0.15) is 0 Å². The van der Waals surface area contributed by atoms with Crippen molar-refractivity contribution in [2.24, 2.45) is 0 Å². The molecule has 4 aromatic carbocycles. The summed E-state index contributed by atoms with van der Waals surface area (Å²) in [5, 5.41) is 3.19. The zero-order valence-electron chi connectivity index (χ0n) is 19.8. The Kier molecular flexibility index (Phi) is 7.98. The molecule has 0 radical (unpaired) electrons. The van der Waals surface area contributed by atoms with Crippen molar-refractivity contribution in [3.05, 3.63) is 112 Å². The van der Waals surface area contributed by atoms with Gasteiger partial charge in [-0.05, 0) is 79.2 Å². The van der Waals surface area contributed by atoms with Crippen molar-refractivity contribution in [2.45, 2.75) is 16.7 Å². The number of amides is 1. The predicted octanol–water partition coefficient (Wildman–Crippen LogP) is 6.16. The molecule has 0 saturated heterocycles. The van der Waals surface area contributed by atoms with Crippen LogP contribution in [0.25, 0.3) is 0 Å². The number of rotatable bonds is 8. The maximum Gasteiger partial charge on any atom is 0.261 e. The van der Waals surface area contributed by atoms with E-state index >= 15 is 0 Å². The van der Waals surface area contributed by atoms with E-state index in [1.807, 2.05) is 0 Å². The second-order valence-electron chi connectivity index (χ2n) is 8.16. The number of nitrogens with one attached hydrogen (secondary N) is 3. The van der Waals surface area contributed by atoms with Crippen molar-refractivity contribution < 1.29 is 21.6 Å². The second-order valence-corrected chi connectivity index (χ2v) is 12.4. The van der Waals surface area contributed by atoms with Gasteiger partial charge >= 0.3 is 0 Å². The number of benzene rings is 4. The van der Waals surface area contributed by atoms with E-state index in [0.29, 0.717) is 16.3 Å². The first-order valence-corrected chi connectivity index (χ1v) is 14.7. The van der Waals surface area contributed by atoms with Gasteiger partial charge in [0.25, 0.3) is 26.0 Å². The number of aryl methyl sites for hydroxylation is 1. The van der Waals surface area contributed by atoms with Crippen LogP contribution in [0.1, 0.15) is 15.9 Å². The Morgan fingerprint density at radius 2 is 1.29 bits per heavy atom. The van der Waals surface area contributed by atoms with Crippen LogP contribution < -0.4 is 14.8 Å². The van der Waals surface area contributed by atoms with Gasteiger partial charge in [0.05, 0.1) is 26.2 Å². The van der Waals surface area contributed by atoms with Crippen molar-refractivity contribution in [2.75, 3.05) is 14.8 Å². The van der Waals surface area contributed by atoms with E-state index in [0.717, 1.165) is 0 Å². The molecule has 196 valence electrons. The number of sulfonamides is 2. The minimum absolute atomic E-state index is 0.0468. The largest absolute Gasteiger partial charge is 0.322 e. The maximum absolute atomic E-state index is 12.9. The highest BCUT2D eigenvalue weighted by atomic mass is 35.5. The average molecular weight is 591 g/mol. The molecular formula is C26H21Cl2N3O5S2. The van der Waals surface area contributed by atoms with Crippen LogP contribution in [0.3, 0.4) is 0 Å². The Bertz CT molecular complexity index is 1710. The van der Waals surface area contributed by atoms with E-state index in [-0.39, 0.29) is 31.8 Å². The number of hydrogen-bond donors (Lipinski definition) is 3. The third kappa shape index (κ3) is 6.46. The molecule has 12 heteroatoms. The highest BCUT2D eigenvalue weighted by molar-refractivity contribution is 7.93. The van der Waals surface area contributed by atoms with Gasteiger partial charge in [0.15, 0.2) is 0 Å². The van der Waals surface area contributed by atoms with Crippen LogP contribution in [0.15, 0.2) is 101 Å². The quantitative estimate of drug-likeness (QED) is 0.227. The number of hydrogen-bond acceptors (Lipinski definition) is 5. The van der Waals surface area contributed by atoms with Crippen molar-refractivity contribution in [1.82, 2.24) is 0 Å². The van der Waals surface area contributed by atoms with Gasteiger partial charge in [-0.3, -0.25) is 14.2 Å². The van der Waals surface area contributed by atoms with E-state index in [4.69, 9.17) is 23.2 Å². The topological polar surface area (TPSA) is 121 Å². The lowest BCUT2D eigenvalue weighted by Gasteiger charge is -2.13. The van der Waals surface area contributed by atoms with Crippen LogP contribution in [0, 0.1) is 6.92 Å². The van der Waals surface area contributed by atoms with Gasteiger partial charge in [-0.1, -0.05) is 47.5 Å². The molecule has 0 heterocycles. The molecule has 8 nitrogen and oxygen atoms in total. The van der Waals surface area contributed by atoms with E-state index in [1.165, 1.54) is 60.7 Å². The standard InChI is InChI=1S/C26H21Cl2N3O5S2/c1-17-7-8-18(15-25(17)31-37(33,34)21-5-3-2-4-6-21)26(32)29-20-10-12-22(13-11-20)38(35,36)30-24-14-9-19(27)16-23(24)28/h2-16,30-31H,1H3,(H,29,32). The molecule has 4 aromatic rings. The highest BCUT2D eigenvalue weighted by Gasteiger charge is 2.18. The Labute approximate surface area is 230 Å². The number of carbonyl (C=O) groups excluding carboxylic acids is 1. The molecule has 0 aliphatic heterocycles. The van der Waals surface area contributed by atoms with Crippen LogP contribution >= 0.6 is 23.2 Å². The van der Waals surface area contributed by atoms with E-state index in [2.05, 4.69) is 14.8 Å². The summed E-state index contributed by atoms with van der Waals surface area (Å²) in [4.78, 5) is 12.9. The summed E-state index contributed by atoms with van der Waals surface area (Å²) in [6, 6.07) is 22.4. The second kappa shape index (κ2) is 11.0. The fraction of sp³-hybridized carbons (Fsp3) is 0.0385. The lowest BCUT2D eigenvalue weighted by molar-refractivity contribution is 0.102. The van der Waals surface area contributed by atoms with E-state index < -0.39 is 26.0 Å². The minimum atomic E-state index is -3.95. The lowest BCUT2D eigenvalue weighted by atomic mass is 10.1. The third-order valence-corrected chi connectivity index (χ3v) is 8.71. The molecular weight excluding hydrogens is 569 g/mol. The summed E-state index contributed by atoms with van der Waals surface area (Å²) in [5.74, 6) is -0.508. The molecule has 0 aliphatic rings. The molecule has 0 saturated carbocycles. The fourth-order valence-corrected chi connectivity index (χ4v) is 6.11. The zero-order valence-corrected chi connectivity index (χ0v) is 22.9. The van der Waals surface area contributed by atoms with Gasteiger partial charge in [0.2, 0.25) is 0 Å². The first-order chi connectivity index (χ1) is 17.9. The Balaban J connectivity index is 1.48. The summed E-state index contributed by atoms with van der Waals surface area (Å²) in [7, 11) is -7.80. The first kappa shape index (κ1) is 27.5. The lowest BCUT2D eigenvalue weighted by Crippen LogP contribution is -2.16. The van der Waals surface area contributed by atoms with Crippen LogP contribution in [0.4, 0.5) is 17.1 Å². The molecule has 0 aliphatic carbocycles. The molecule has 0 spiro atoms. The molecule has 1 amide bonds. The monoisotopic (exact) mass is 589 g/mol. The van der Waals surface area contributed by atoms with Crippen molar-refractivity contribution in [1.29, 1.82) is 0 Å². The predicted molar refractivity (Wildman–Crippen MR) is 150 cm³/mol. The zero-order chi connectivity index (χ0) is 27.5. The molecule has 3 N–H and O–H groups in total. The number of anilines is 3. The van der Waals surface area contributed by atoms with Crippen LogP contribution in [0.5, 0.6) is 0 Å². The highest BCUT2D eigenvalue weighted by Crippen LogP contribution is 2.28. The van der Waals surface area contributed by atoms with Gasteiger partial charge in [-0.2, -0.15) is 0 Å². The molecule has 0 unspecified atom stereocenters. The Morgan fingerprint density at radius 1 is 0.684 bits per heavy atom. The first-order valence-electron chi connectivity index (χ1n) is 11.0. The van der Waals surface area contributed by atoms with E-state index in [9.17, 15) is 21.6 Å². The summed E-state index contributed by atoms with van der Waals surface area (Å²) in [6.07, 6.45) is 0. The molecule has 4 rings (SSSR count). The minimum Gasteiger partial charge on any atom is -0.322 e. The number of halogens is 2. The van der Waals surface area contributed by atoms with Gasteiger partial charge < -0.3 is 5.32 Å². The van der Waals surface area contributed by atoms with Gasteiger partial charge in [-0.25, -0.2) is 16.8 Å². The van der Waals surface area contributed by atoms with Crippen LogP contribution in [-0.2, 0) is 20.0 Å². The SMILES string of the molecule is Cc1ccc(C(=O)Nc2ccc(S(=O)(=O)Nc3ccc(Cl)cc3Cl)cc2)cc1NS(=O)(=O)c1ccccc1. The average Bonchev–Trinajstić information content (AvgIpc) is 2.88. The van der Waals surface area contributed by atoms with Crippen molar-refractivity contribution >= 4 is 66.2 Å². The molecule has 0 bridgehead atoms. The van der Waals surface area contributed by atoms with Crippen molar-refractivity contribution in [3.8, 4) is 0 Å². The summed E-state index contributed by atoms with van der Waals surface area (Å²) < 4.78 is 55.8. The Hall–Kier alpha value is -3.57. The Morgan fingerprint density at radius 3 is 1.92 bits per heavy atom. The van der Waals surface area contributed by atoms with E-state index in [1.54, 1.807) is 37.3 Å². The smallest absolute Gasteiger partial charge is 0.261 e. The molecule has 0 atom stereocenters. The maximum atomic E-state index is 12.9. The summed E-state index contributed by atoms with van der Waals surface area (Å²) >= 11 is 11.9. The number of carbonyl (C=O) groups is 1. The van der Waals surface area contributed by atoms with Gasteiger partial charge in [-0.15, -0.1) is 0 Å². The normalized spacial score (nSPS) is 11.6. The van der Waals surface area contributed by atoms with Crippen LogP contribution in [0.2, 0.25) is 10.0 Å². The summed E-state index contributed by atoms with van der Waals surface area (Å²) in [6.45, 7) is 1.72. The van der Waals surface area contributed by atoms with Gasteiger partial charge in [0, 0.05) is 16.3 Å². The third-order valence-electron chi connectivity index (χ3n) is 5.40. The molecule has 0 aromatic heterocycles. The summed E-state index contributed by atoms with van der Waals surface area (Å²) in [5.41, 5.74) is 1.60. The molecule has 38 heavy (non-hydrogen) atoms. The molecule has 0 fully saturated rings. The van der Waals surface area contributed by atoms with Crippen LogP contribution in [-0.4, -0.2) is 22.7 Å². The van der Waals surface area contributed by atoms with Crippen molar-refractivity contribution in [3.63, 3.8) is 0 Å². The fourth-order valence-electron chi connectivity index (χ4n) is 3.37.